The Balaban J connectivity index is 2.38. The first-order chi connectivity index (χ1) is 12.4. The first-order valence-electron chi connectivity index (χ1n) is 8.43. The summed E-state index contributed by atoms with van der Waals surface area (Å²) < 4.78 is 27.0. The van der Waals surface area contributed by atoms with Gasteiger partial charge in [-0.2, -0.15) is 5.26 Å². The molecule has 0 unspecified atom stereocenters. The predicted octanol–water partition coefficient (Wildman–Crippen LogP) is 3.82. The van der Waals surface area contributed by atoms with Gasteiger partial charge in [0.15, 0.2) is 0 Å². The molecular formula is C18H20BFN2O4S. The number of benzene rings is 1. The first-order valence-corrected chi connectivity index (χ1v) is 9.25. The summed E-state index contributed by atoms with van der Waals surface area (Å²) in [5, 5.41) is 21.4. The number of nitrogens with zero attached hydrogens (tertiary/aromatic N) is 1. The van der Waals surface area contributed by atoms with Crippen LogP contribution in [-0.2, 0) is 14.7 Å². The number of anilines is 1. The van der Waals surface area contributed by atoms with Crippen molar-refractivity contribution in [2.24, 2.45) is 0 Å². The van der Waals surface area contributed by atoms with Gasteiger partial charge in [0.05, 0.1) is 22.5 Å². The van der Waals surface area contributed by atoms with Crippen LogP contribution in [-0.4, -0.2) is 30.5 Å². The summed E-state index contributed by atoms with van der Waals surface area (Å²) in [4.78, 5) is 11.1. The number of rotatable bonds is 2. The molecule has 0 saturated carbocycles. The minimum absolute atomic E-state index is 0.0781. The highest BCUT2D eigenvalue weighted by Gasteiger charge is 2.43. The molecule has 0 atom stereocenters. The number of hydrogen-bond acceptors (Lipinski definition) is 5. The third-order valence-electron chi connectivity index (χ3n) is 4.34. The highest BCUT2D eigenvalue weighted by molar-refractivity contribution is 7.23. The summed E-state index contributed by atoms with van der Waals surface area (Å²) in [7, 11) is -0.767. The van der Waals surface area contributed by atoms with Gasteiger partial charge in [0.25, 0.3) is 0 Å². The third-order valence-corrected chi connectivity index (χ3v) is 5.45. The quantitative estimate of drug-likeness (QED) is 0.761. The van der Waals surface area contributed by atoms with Crippen LogP contribution in [0.2, 0.25) is 0 Å². The molecule has 3 rings (SSSR count). The molecule has 1 aliphatic heterocycles. The van der Waals surface area contributed by atoms with E-state index in [1.807, 2.05) is 40.7 Å². The van der Waals surface area contributed by atoms with Gasteiger partial charge in [-0.3, -0.25) is 5.32 Å². The van der Waals surface area contributed by atoms with Crippen molar-refractivity contribution in [3.05, 3.63) is 23.0 Å². The highest BCUT2D eigenvalue weighted by Crippen LogP contribution is 2.39. The summed E-state index contributed by atoms with van der Waals surface area (Å²) in [6.45, 7) is 9.94. The Hall–Kier alpha value is -2.15. The van der Waals surface area contributed by atoms with E-state index in [1.165, 1.54) is 6.07 Å². The van der Waals surface area contributed by atoms with Gasteiger partial charge in [-0.15, -0.1) is 11.3 Å². The van der Waals surface area contributed by atoms with E-state index in [0.717, 1.165) is 11.3 Å². The SMILES string of the molecule is CC1(C)COB(c2c(C(C)(C)C)cc(F)c3sc(NC(=O)O)c(C#N)c23)O1. The molecule has 0 radical (unpaired) electrons. The van der Waals surface area contributed by atoms with Crippen molar-refractivity contribution < 1.29 is 23.6 Å². The standard InChI is InChI=1S/C18H20BFN2O4S/c1-17(2,3)10-6-11(20)14-12(9(7-21)15(27-14)22-16(23)24)13(10)19-25-8-18(4,5)26-19/h6,22H,8H2,1-5H3,(H,23,24). The molecule has 0 aliphatic carbocycles. The van der Waals surface area contributed by atoms with Crippen LogP contribution >= 0.6 is 11.3 Å². The van der Waals surface area contributed by atoms with E-state index in [1.54, 1.807) is 0 Å². The van der Waals surface area contributed by atoms with Crippen LogP contribution in [0.1, 0.15) is 45.7 Å². The lowest BCUT2D eigenvalue weighted by atomic mass is 9.67. The predicted molar refractivity (Wildman–Crippen MR) is 103 cm³/mol. The maximum Gasteiger partial charge on any atom is 0.495 e. The normalized spacial score (nSPS) is 16.6. The number of carbonyl (C=O) groups is 1. The minimum atomic E-state index is -1.31. The third kappa shape index (κ3) is 3.52. The van der Waals surface area contributed by atoms with Crippen molar-refractivity contribution in [3.63, 3.8) is 0 Å². The molecule has 0 spiro atoms. The molecule has 2 aromatic rings. The van der Waals surface area contributed by atoms with E-state index in [2.05, 4.69) is 5.32 Å². The molecule has 9 heteroatoms. The lowest BCUT2D eigenvalue weighted by Gasteiger charge is -2.25. The molecule has 142 valence electrons. The average molecular weight is 390 g/mol. The molecule has 1 aliphatic rings. The van der Waals surface area contributed by atoms with Crippen LogP contribution in [0, 0.1) is 17.1 Å². The van der Waals surface area contributed by atoms with Gasteiger partial charge in [-0.05, 0) is 36.4 Å². The number of hydrogen-bond donors (Lipinski definition) is 2. The van der Waals surface area contributed by atoms with E-state index < -0.39 is 30.0 Å². The number of fused-ring (bicyclic) bond motifs is 1. The highest BCUT2D eigenvalue weighted by atomic mass is 32.1. The largest absolute Gasteiger partial charge is 0.495 e. The van der Waals surface area contributed by atoms with Gasteiger partial charge in [0, 0.05) is 5.39 Å². The second-order valence-electron chi connectivity index (χ2n) is 8.14. The second kappa shape index (κ2) is 6.48. The minimum Gasteiger partial charge on any atom is -0.465 e. The number of amides is 1. The van der Waals surface area contributed by atoms with Crippen molar-refractivity contribution in [2.75, 3.05) is 11.9 Å². The van der Waals surface area contributed by atoms with Gasteiger partial charge < -0.3 is 14.4 Å². The number of carboxylic acid groups (broad SMARTS) is 1. The molecule has 1 amide bonds. The Bertz CT molecular complexity index is 975. The Labute approximate surface area is 161 Å². The topological polar surface area (TPSA) is 91.6 Å². The van der Waals surface area contributed by atoms with Gasteiger partial charge in [0.2, 0.25) is 0 Å². The van der Waals surface area contributed by atoms with Crippen LogP contribution in [0.15, 0.2) is 6.07 Å². The van der Waals surface area contributed by atoms with Gasteiger partial charge in [-0.1, -0.05) is 20.8 Å². The number of nitrogens with one attached hydrogen (secondary N) is 1. The monoisotopic (exact) mass is 390 g/mol. The molecule has 1 aromatic carbocycles. The molecule has 2 N–H and O–H groups in total. The van der Waals surface area contributed by atoms with E-state index in [9.17, 15) is 14.4 Å². The zero-order valence-electron chi connectivity index (χ0n) is 15.8. The van der Waals surface area contributed by atoms with Gasteiger partial charge in [0.1, 0.15) is 16.9 Å². The number of nitriles is 1. The fourth-order valence-corrected chi connectivity index (χ4v) is 4.26. The molecule has 1 fully saturated rings. The molecule has 27 heavy (non-hydrogen) atoms. The summed E-state index contributed by atoms with van der Waals surface area (Å²) in [5.41, 5.74) is 0.348. The Morgan fingerprint density at radius 3 is 2.63 bits per heavy atom. The van der Waals surface area contributed by atoms with Crippen molar-refractivity contribution in [1.82, 2.24) is 0 Å². The maximum absolute atomic E-state index is 14.9. The summed E-state index contributed by atoms with van der Waals surface area (Å²) >= 11 is 0.895. The van der Waals surface area contributed by atoms with Crippen LogP contribution in [0.3, 0.4) is 0 Å². The lowest BCUT2D eigenvalue weighted by molar-refractivity contribution is 0.137. The van der Waals surface area contributed by atoms with Crippen LogP contribution in [0.4, 0.5) is 14.2 Å². The Morgan fingerprint density at radius 1 is 1.48 bits per heavy atom. The van der Waals surface area contributed by atoms with E-state index in [4.69, 9.17) is 14.4 Å². The molecule has 2 heterocycles. The Morgan fingerprint density at radius 2 is 2.15 bits per heavy atom. The molecule has 1 saturated heterocycles. The second-order valence-corrected chi connectivity index (χ2v) is 9.16. The van der Waals surface area contributed by atoms with E-state index >= 15 is 0 Å². The maximum atomic E-state index is 14.9. The van der Waals surface area contributed by atoms with Crippen molar-refractivity contribution in [3.8, 4) is 6.07 Å². The van der Waals surface area contributed by atoms with Crippen LogP contribution in [0.5, 0.6) is 0 Å². The van der Waals surface area contributed by atoms with E-state index in [0.29, 0.717) is 23.0 Å². The van der Waals surface area contributed by atoms with Crippen molar-refractivity contribution in [1.29, 1.82) is 5.26 Å². The summed E-state index contributed by atoms with van der Waals surface area (Å²) in [6.07, 6.45) is -1.31. The number of thiophene rings is 1. The summed E-state index contributed by atoms with van der Waals surface area (Å²) in [5.74, 6) is -0.504. The fraction of sp³-hybridized carbons (Fsp3) is 0.444. The lowest BCUT2D eigenvalue weighted by Crippen LogP contribution is -2.40. The molecular weight excluding hydrogens is 370 g/mol. The van der Waals surface area contributed by atoms with Gasteiger partial charge in [-0.25, -0.2) is 9.18 Å². The fourth-order valence-electron chi connectivity index (χ4n) is 3.19. The first kappa shape index (κ1) is 19.6. The van der Waals surface area contributed by atoms with Crippen LogP contribution in [0.25, 0.3) is 10.1 Å². The zero-order valence-corrected chi connectivity index (χ0v) is 16.6. The zero-order chi connectivity index (χ0) is 20.1. The van der Waals surface area contributed by atoms with Crippen LogP contribution < -0.4 is 10.8 Å². The molecule has 6 nitrogen and oxygen atoms in total. The number of halogens is 1. The molecule has 0 bridgehead atoms. The van der Waals surface area contributed by atoms with Crippen molar-refractivity contribution in [2.45, 2.75) is 45.6 Å². The molecule has 1 aromatic heterocycles. The smallest absolute Gasteiger partial charge is 0.465 e. The van der Waals surface area contributed by atoms with Crippen molar-refractivity contribution >= 4 is 45.1 Å². The van der Waals surface area contributed by atoms with E-state index in [-0.39, 0.29) is 15.3 Å². The average Bonchev–Trinajstić information content (AvgIpc) is 3.06. The Kier molecular flexibility index (Phi) is 4.71. The van der Waals surface area contributed by atoms with Gasteiger partial charge >= 0.3 is 13.2 Å². The summed E-state index contributed by atoms with van der Waals surface area (Å²) in [6, 6.07) is 3.45.